The van der Waals surface area contributed by atoms with Crippen LogP contribution in [0.15, 0.2) is 18.2 Å². The summed E-state index contributed by atoms with van der Waals surface area (Å²) in [4.78, 5) is 13.9. The van der Waals surface area contributed by atoms with Gasteiger partial charge in [-0.3, -0.25) is 4.79 Å². The van der Waals surface area contributed by atoms with Crippen molar-refractivity contribution in [2.75, 3.05) is 26.7 Å². The molecule has 0 bridgehead atoms. The van der Waals surface area contributed by atoms with Crippen molar-refractivity contribution in [1.82, 2.24) is 10.2 Å². The number of ether oxygens (including phenoxy) is 1. The predicted molar refractivity (Wildman–Crippen MR) is 80.6 cm³/mol. The molecule has 0 atom stereocenters. The lowest BCUT2D eigenvalue weighted by atomic mass is 10.1. The molecule has 0 aromatic heterocycles. The number of piperidine rings is 1. The number of benzene rings is 1. The Balaban J connectivity index is 1.83. The van der Waals surface area contributed by atoms with E-state index in [0.29, 0.717) is 21.8 Å². The van der Waals surface area contributed by atoms with Gasteiger partial charge in [-0.05, 0) is 38.1 Å². The van der Waals surface area contributed by atoms with Gasteiger partial charge in [0, 0.05) is 29.2 Å². The van der Waals surface area contributed by atoms with Crippen LogP contribution in [0, 0.1) is 0 Å². The summed E-state index contributed by atoms with van der Waals surface area (Å²) in [6.45, 7) is 1.55. The Labute approximate surface area is 129 Å². The van der Waals surface area contributed by atoms with E-state index in [4.69, 9.17) is 27.9 Å². The lowest BCUT2D eigenvalue weighted by Crippen LogP contribution is -2.45. The maximum atomic E-state index is 12.1. The number of nitrogens with zero attached hydrogens (tertiary/aromatic N) is 1. The van der Waals surface area contributed by atoms with Crippen molar-refractivity contribution in [3.05, 3.63) is 28.2 Å². The van der Waals surface area contributed by atoms with Gasteiger partial charge in [-0.25, -0.2) is 0 Å². The van der Waals surface area contributed by atoms with Crippen molar-refractivity contribution in [1.29, 1.82) is 0 Å². The number of hydrogen-bond acceptors (Lipinski definition) is 3. The molecule has 1 heterocycles. The fraction of sp³-hybridized carbons (Fsp3) is 0.500. The largest absolute Gasteiger partial charge is 0.484 e. The van der Waals surface area contributed by atoms with Crippen molar-refractivity contribution >= 4 is 29.1 Å². The van der Waals surface area contributed by atoms with Crippen LogP contribution in [0.2, 0.25) is 10.0 Å². The third-order valence-corrected chi connectivity index (χ3v) is 3.89. The highest BCUT2D eigenvalue weighted by Crippen LogP contribution is 2.24. The average Bonchev–Trinajstić information content (AvgIpc) is 2.44. The molecule has 0 unspecified atom stereocenters. The number of halogens is 2. The second-order valence-corrected chi connectivity index (χ2v) is 5.71. The zero-order valence-corrected chi connectivity index (χ0v) is 12.9. The Kier molecular flexibility index (Phi) is 5.52. The Morgan fingerprint density at radius 3 is 2.45 bits per heavy atom. The number of hydrogen-bond donors (Lipinski definition) is 1. The summed E-state index contributed by atoms with van der Waals surface area (Å²) in [6, 6.07) is 5.43. The molecule has 1 aliphatic heterocycles. The highest BCUT2D eigenvalue weighted by molar-refractivity contribution is 6.34. The Hall–Kier alpha value is -0.970. The first-order valence-electron chi connectivity index (χ1n) is 6.62. The van der Waals surface area contributed by atoms with Crippen LogP contribution in [0.25, 0.3) is 0 Å². The van der Waals surface area contributed by atoms with Crippen LogP contribution in [0.1, 0.15) is 12.8 Å². The molecule has 1 aliphatic rings. The van der Waals surface area contributed by atoms with Gasteiger partial charge < -0.3 is 15.0 Å². The van der Waals surface area contributed by atoms with E-state index in [2.05, 4.69) is 5.32 Å². The molecule has 0 saturated carbocycles. The van der Waals surface area contributed by atoms with Gasteiger partial charge in [-0.2, -0.15) is 0 Å². The lowest BCUT2D eigenvalue weighted by Gasteiger charge is -2.31. The zero-order valence-electron chi connectivity index (χ0n) is 11.4. The quantitative estimate of drug-likeness (QED) is 0.928. The molecule has 0 aliphatic carbocycles. The van der Waals surface area contributed by atoms with Gasteiger partial charge in [-0.1, -0.05) is 23.2 Å². The van der Waals surface area contributed by atoms with Crippen molar-refractivity contribution in [3.63, 3.8) is 0 Å². The third kappa shape index (κ3) is 4.27. The molecule has 1 fully saturated rings. The Morgan fingerprint density at radius 1 is 1.30 bits per heavy atom. The number of nitrogens with one attached hydrogen (secondary N) is 1. The fourth-order valence-corrected chi connectivity index (χ4v) is 2.77. The summed E-state index contributed by atoms with van der Waals surface area (Å²) < 4.78 is 5.46. The van der Waals surface area contributed by atoms with E-state index in [0.717, 1.165) is 25.9 Å². The molecule has 0 radical (unpaired) electrons. The van der Waals surface area contributed by atoms with E-state index in [1.54, 1.807) is 18.2 Å². The van der Waals surface area contributed by atoms with E-state index in [1.165, 1.54) is 0 Å². The maximum absolute atomic E-state index is 12.1. The van der Waals surface area contributed by atoms with Gasteiger partial charge in [-0.15, -0.1) is 0 Å². The van der Waals surface area contributed by atoms with Crippen LogP contribution in [-0.4, -0.2) is 43.6 Å². The summed E-state index contributed by atoms with van der Waals surface area (Å²) in [5.41, 5.74) is 0. The van der Waals surface area contributed by atoms with Gasteiger partial charge in [0.25, 0.3) is 5.91 Å². The highest BCUT2D eigenvalue weighted by Gasteiger charge is 2.21. The van der Waals surface area contributed by atoms with Crippen LogP contribution < -0.4 is 10.1 Å². The maximum Gasteiger partial charge on any atom is 0.260 e. The summed E-state index contributed by atoms with van der Waals surface area (Å²) in [7, 11) is 1.95. The normalized spacial score (nSPS) is 16.2. The van der Waals surface area contributed by atoms with Crippen molar-refractivity contribution in [2.24, 2.45) is 0 Å². The topological polar surface area (TPSA) is 41.6 Å². The van der Waals surface area contributed by atoms with Crippen LogP contribution in [-0.2, 0) is 4.79 Å². The summed E-state index contributed by atoms with van der Waals surface area (Å²) in [5.74, 6) is 0.511. The van der Waals surface area contributed by atoms with E-state index in [9.17, 15) is 4.79 Å². The number of amides is 1. The van der Waals surface area contributed by atoms with E-state index < -0.39 is 0 Å². The SMILES string of the molecule is CNC1CCN(C(=O)COc2cc(Cl)cc(Cl)c2)CC1. The number of likely N-dealkylation sites (tertiary alicyclic amines) is 1. The molecule has 1 amide bonds. The molecule has 110 valence electrons. The number of carbonyl (C=O) groups is 1. The molecule has 1 aromatic rings. The van der Waals surface area contributed by atoms with Crippen molar-refractivity contribution in [3.8, 4) is 5.75 Å². The van der Waals surface area contributed by atoms with Gasteiger partial charge in [0.2, 0.25) is 0 Å². The summed E-state index contributed by atoms with van der Waals surface area (Å²) in [6.07, 6.45) is 1.95. The van der Waals surface area contributed by atoms with Crippen LogP contribution in [0.3, 0.4) is 0 Å². The predicted octanol–water partition coefficient (Wildman–Crippen LogP) is 2.58. The molecule has 1 N–H and O–H groups in total. The molecule has 20 heavy (non-hydrogen) atoms. The minimum Gasteiger partial charge on any atom is -0.484 e. The first kappa shape index (κ1) is 15.4. The molecule has 0 spiro atoms. The molecular weight excluding hydrogens is 299 g/mol. The monoisotopic (exact) mass is 316 g/mol. The summed E-state index contributed by atoms with van der Waals surface area (Å²) in [5, 5.41) is 4.23. The molecule has 2 rings (SSSR count). The molecule has 1 saturated heterocycles. The van der Waals surface area contributed by atoms with E-state index in [1.807, 2.05) is 11.9 Å². The van der Waals surface area contributed by atoms with Crippen LogP contribution in [0.5, 0.6) is 5.75 Å². The second-order valence-electron chi connectivity index (χ2n) is 4.84. The average molecular weight is 317 g/mol. The fourth-order valence-electron chi connectivity index (χ4n) is 2.27. The van der Waals surface area contributed by atoms with Crippen LogP contribution in [0.4, 0.5) is 0 Å². The summed E-state index contributed by atoms with van der Waals surface area (Å²) >= 11 is 11.8. The van der Waals surface area contributed by atoms with Gasteiger partial charge in [0.05, 0.1) is 0 Å². The third-order valence-electron chi connectivity index (χ3n) is 3.45. The second kappa shape index (κ2) is 7.16. The molecule has 4 nitrogen and oxygen atoms in total. The van der Waals surface area contributed by atoms with E-state index >= 15 is 0 Å². The lowest BCUT2D eigenvalue weighted by molar-refractivity contribution is -0.134. The molecular formula is C14H18Cl2N2O2. The number of carbonyl (C=O) groups excluding carboxylic acids is 1. The highest BCUT2D eigenvalue weighted by atomic mass is 35.5. The Morgan fingerprint density at radius 2 is 1.90 bits per heavy atom. The van der Waals surface area contributed by atoms with Crippen molar-refractivity contribution in [2.45, 2.75) is 18.9 Å². The van der Waals surface area contributed by atoms with Crippen LogP contribution >= 0.6 is 23.2 Å². The van der Waals surface area contributed by atoms with Gasteiger partial charge in [0.1, 0.15) is 5.75 Å². The van der Waals surface area contributed by atoms with Gasteiger partial charge >= 0.3 is 0 Å². The minimum absolute atomic E-state index is 0.00403. The number of rotatable bonds is 4. The van der Waals surface area contributed by atoms with Gasteiger partial charge in [0.15, 0.2) is 6.61 Å². The molecule has 1 aromatic carbocycles. The standard InChI is InChI=1S/C14H18Cl2N2O2/c1-17-12-2-4-18(5-3-12)14(19)9-20-13-7-10(15)6-11(16)8-13/h6-8,12,17H,2-5,9H2,1H3. The van der Waals surface area contributed by atoms with E-state index in [-0.39, 0.29) is 12.5 Å². The Bertz CT molecular complexity index is 454. The smallest absolute Gasteiger partial charge is 0.260 e. The first-order chi connectivity index (χ1) is 9.58. The first-order valence-corrected chi connectivity index (χ1v) is 7.38. The zero-order chi connectivity index (χ0) is 14.5. The van der Waals surface area contributed by atoms with Crippen molar-refractivity contribution < 1.29 is 9.53 Å². The minimum atomic E-state index is -0.00403. The molecule has 6 heteroatoms.